The summed E-state index contributed by atoms with van der Waals surface area (Å²) in [5, 5.41) is 2.18. The molecule has 0 fully saturated rings. The molecule has 0 saturated carbocycles. The highest BCUT2D eigenvalue weighted by Crippen LogP contribution is 2.33. The van der Waals surface area contributed by atoms with Gasteiger partial charge in [-0.25, -0.2) is 0 Å². The fraction of sp³-hybridized carbons (Fsp3) is 0.364. The van der Waals surface area contributed by atoms with E-state index in [9.17, 15) is 18.0 Å². The lowest BCUT2D eigenvalue weighted by Crippen LogP contribution is -2.39. The van der Waals surface area contributed by atoms with Crippen LogP contribution in [0.25, 0.3) is 0 Å². The molecule has 0 aliphatic heterocycles. The first-order chi connectivity index (χ1) is 8.34. The molecule has 18 heavy (non-hydrogen) atoms. The van der Waals surface area contributed by atoms with Crippen LogP contribution in [0.3, 0.4) is 0 Å². The maximum absolute atomic E-state index is 12.8. The van der Waals surface area contributed by atoms with Crippen molar-refractivity contribution in [3.05, 3.63) is 34.9 Å². The number of rotatable bonds is 4. The Bertz CT molecular complexity index is 406. The fourth-order valence-corrected chi connectivity index (χ4v) is 1.47. The number of ether oxygens (including phenoxy) is 1. The van der Waals surface area contributed by atoms with Crippen LogP contribution in [0, 0.1) is 0 Å². The SMILES string of the molecule is COCC(=O)N[C@H](c1ccc(Cl)cc1)C(F)(F)F. The first-order valence-corrected chi connectivity index (χ1v) is 5.33. The predicted octanol–water partition coefficient (Wildman–Crippen LogP) is 2.71. The van der Waals surface area contributed by atoms with Gasteiger partial charge in [-0.2, -0.15) is 13.2 Å². The van der Waals surface area contributed by atoms with E-state index in [1.165, 1.54) is 31.4 Å². The highest BCUT2D eigenvalue weighted by molar-refractivity contribution is 6.30. The minimum absolute atomic E-state index is 0.0867. The lowest BCUT2D eigenvalue weighted by atomic mass is 10.1. The third-order valence-corrected chi connectivity index (χ3v) is 2.36. The number of amides is 1. The van der Waals surface area contributed by atoms with Crippen molar-refractivity contribution in [1.82, 2.24) is 5.32 Å². The van der Waals surface area contributed by atoms with Gasteiger partial charge in [0.15, 0.2) is 6.04 Å². The molecule has 7 heteroatoms. The van der Waals surface area contributed by atoms with Crippen molar-refractivity contribution in [3.8, 4) is 0 Å². The summed E-state index contributed by atoms with van der Waals surface area (Å²) in [6.45, 7) is -0.430. The van der Waals surface area contributed by atoms with Gasteiger partial charge in [-0.15, -0.1) is 0 Å². The Balaban J connectivity index is 2.92. The molecule has 1 amide bonds. The molecule has 1 atom stereocenters. The third kappa shape index (κ3) is 4.19. The van der Waals surface area contributed by atoms with Gasteiger partial charge >= 0.3 is 6.18 Å². The number of hydrogen-bond acceptors (Lipinski definition) is 2. The second-order valence-corrected chi connectivity index (χ2v) is 3.96. The average molecular weight is 282 g/mol. The topological polar surface area (TPSA) is 38.3 Å². The van der Waals surface area contributed by atoms with Crippen molar-refractivity contribution in [3.63, 3.8) is 0 Å². The van der Waals surface area contributed by atoms with Crippen LogP contribution in [0.15, 0.2) is 24.3 Å². The monoisotopic (exact) mass is 281 g/mol. The quantitative estimate of drug-likeness (QED) is 0.921. The van der Waals surface area contributed by atoms with Gasteiger partial charge in [-0.05, 0) is 17.7 Å². The maximum Gasteiger partial charge on any atom is 0.412 e. The number of benzene rings is 1. The van der Waals surface area contributed by atoms with E-state index in [0.29, 0.717) is 5.02 Å². The molecule has 0 aliphatic rings. The van der Waals surface area contributed by atoms with E-state index in [-0.39, 0.29) is 5.56 Å². The molecule has 0 bridgehead atoms. The highest BCUT2D eigenvalue weighted by atomic mass is 35.5. The lowest BCUT2D eigenvalue weighted by molar-refractivity contribution is -0.164. The molecule has 1 rings (SSSR count). The summed E-state index contributed by atoms with van der Waals surface area (Å²) in [5.74, 6) is -0.838. The molecule has 0 aliphatic carbocycles. The Morgan fingerprint density at radius 2 is 1.94 bits per heavy atom. The van der Waals surface area contributed by atoms with Crippen LogP contribution in [0.1, 0.15) is 11.6 Å². The van der Waals surface area contributed by atoms with E-state index in [4.69, 9.17) is 11.6 Å². The molecule has 1 aromatic rings. The number of hydrogen-bond donors (Lipinski definition) is 1. The lowest BCUT2D eigenvalue weighted by Gasteiger charge is -2.22. The summed E-state index contributed by atoms with van der Waals surface area (Å²) in [6.07, 6.45) is -4.59. The van der Waals surface area contributed by atoms with Crippen LogP contribution in [0.5, 0.6) is 0 Å². The van der Waals surface area contributed by atoms with Crippen molar-refractivity contribution in [2.24, 2.45) is 0 Å². The van der Waals surface area contributed by atoms with E-state index in [2.05, 4.69) is 4.74 Å². The summed E-state index contributed by atoms with van der Waals surface area (Å²) in [6, 6.07) is 3.02. The Kier molecular flexibility index (Phi) is 4.98. The Morgan fingerprint density at radius 3 is 2.39 bits per heavy atom. The zero-order valence-corrected chi connectivity index (χ0v) is 10.2. The molecule has 1 N–H and O–H groups in total. The molecular weight excluding hydrogens is 271 g/mol. The predicted molar refractivity (Wildman–Crippen MR) is 60.3 cm³/mol. The first-order valence-electron chi connectivity index (χ1n) is 4.95. The summed E-state index contributed by atoms with van der Waals surface area (Å²) in [5.41, 5.74) is -0.0867. The third-order valence-electron chi connectivity index (χ3n) is 2.11. The standard InChI is InChI=1S/C11H11ClF3NO2/c1-18-6-9(17)16-10(11(13,14)15)7-2-4-8(12)5-3-7/h2-5,10H,6H2,1H3,(H,16,17)/t10-/m1/s1. The zero-order valence-electron chi connectivity index (χ0n) is 9.42. The molecule has 0 heterocycles. The summed E-state index contributed by atoms with van der Waals surface area (Å²) in [4.78, 5) is 11.2. The number of carbonyl (C=O) groups is 1. The van der Waals surface area contributed by atoms with E-state index in [1.54, 1.807) is 0 Å². The minimum atomic E-state index is -4.59. The van der Waals surface area contributed by atoms with Gasteiger partial charge in [0.05, 0.1) is 0 Å². The maximum atomic E-state index is 12.8. The van der Waals surface area contributed by atoms with Gasteiger partial charge in [0.2, 0.25) is 5.91 Å². The van der Waals surface area contributed by atoms with Crippen molar-refractivity contribution >= 4 is 17.5 Å². The van der Waals surface area contributed by atoms with E-state index in [0.717, 1.165) is 0 Å². The van der Waals surface area contributed by atoms with Crippen molar-refractivity contribution in [2.75, 3.05) is 13.7 Å². The van der Waals surface area contributed by atoms with Gasteiger partial charge < -0.3 is 10.1 Å². The van der Waals surface area contributed by atoms with Crippen LogP contribution >= 0.6 is 11.6 Å². The normalized spacial score (nSPS) is 13.2. The van der Waals surface area contributed by atoms with Crippen LogP contribution in [-0.2, 0) is 9.53 Å². The number of methoxy groups -OCH3 is 1. The second kappa shape index (κ2) is 6.06. The fourth-order valence-electron chi connectivity index (χ4n) is 1.34. The number of alkyl halides is 3. The molecular formula is C11H11ClF3NO2. The average Bonchev–Trinajstić information content (AvgIpc) is 2.26. The van der Waals surface area contributed by atoms with Gasteiger partial charge in [0.1, 0.15) is 6.61 Å². The zero-order chi connectivity index (χ0) is 13.8. The number of nitrogens with one attached hydrogen (secondary N) is 1. The van der Waals surface area contributed by atoms with Crippen molar-refractivity contribution < 1.29 is 22.7 Å². The van der Waals surface area contributed by atoms with Gasteiger partial charge in [-0.1, -0.05) is 23.7 Å². The van der Waals surface area contributed by atoms with Crippen molar-refractivity contribution in [2.45, 2.75) is 12.2 Å². The molecule has 0 aromatic heterocycles. The minimum Gasteiger partial charge on any atom is -0.375 e. The molecule has 0 unspecified atom stereocenters. The Morgan fingerprint density at radius 1 is 1.39 bits per heavy atom. The first kappa shape index (κ1) is 14.8. The molecule has 1 aromatic carbocycles. The van der Waals surface area contributed by atoms with Crippen LogP contribution in [0.4, 0.5) is 13.2 Å². The molecule has 3 nitrogen and oxygen atoms in total. The Hall–Kier alpha value is -1.27. The molecule has 0 saturated heterocycles. The van der Waals surface area contributed by atoms with E-state index < -0.39 is 24.7 Å². The van der Waals surface area contributed by atoms with Crippen LogP contribution < -0.4 is 5.32 Å². The molecule has 100 valence electrons. The van der Waals surface area contributed by atoms with E-state index in [1.807, 2.05) is 5.32 Å². The highest BCUT2D eigenvalue weighted by Gasteiger charge is 2.41. The summed E-state index contributed by atoms with van der Waals surface area (Å²) < 4.78 is 42.9. The van der Waals surface area contributed by atoms with Crippen LogP contribution in [-0.4, -0.2) is 25.8 Å². The summed E-state index contributed by atoms with van der Waals surface area (Å²) in [7, 11) is 1.23. The largest absolute Gasteiger partial charge is 0.412 e. The van der Waals surface area contributed by atoms with Gasteiger partial charge in [-0.3, -0.25) is 4.79 Å². The van der Waals surface area contributed by atoms with Gasteiger partial charge in [0.25, 0.3) is 0 Å². The number of halogens is 4. The smallest absolute Gasteiger partial charge is 0.375 e. The molecule has 0 spiro atoms. The molecule has 0 radical (unpaired) electrons. The van der Waals surface area contributed by atoms with Crippen LogP contribution in [0.2, 0.25) is 5.02 Å². The van der Waals surface area contributed by atoms with E-state index >= 15 is 0 Å². The van der Waals surface area contributed by atoms with Gasteiger partial charge in [0, 0.05) is 12.1 Å². The van der Waals surface area contributed by atoms with Crippen molar-refractivity contribution in [1.29, 1.82) is 0 Å². The summed E-state index contributed by atoms with van der Waals surface area (Å²) >= 11 is 5.60. The number of carbonyl (C=O) groups excluding carboxylic acids is 1. The second-order valence-electron chi connectivity index (χ2n) is 3.53. The Labute approximate surface area is 107 Å².